The first kappa shape index (κ1) is 24.7. The summed E-state index contributed by atoms with van der Waals surface area (Å²) in [6, 6.07) is 13.0. The molecule has 2 N–H and O–H groups in total. The molecule has 0 amide bonds. The van der Waals surface area contributed by atoms with E-state index in [0.29, 0.717) is 5.56 Å². The molecule has 1 aromatic carbocycles. The SMILES string of the molecule is CC[Si](CC)(CC)CCCCCCCCCCCNc1ccc(C(=O)O)cc1. The number of nitrogens with one attached hydrogen (secondary N) is 1. The molecule has 0 atom stereocenters. The molecule has 0 radical (unpaired) electrons. The predicted molar refractivity (Wildman–Crippen MR) is 125 cm³/mol. The van der Waals surface area contributed by atoms with Crippen molar-refractivity contribution in [2.24, 2.45) is 0 Å². The lowest BCUT2D eigenvalue weighted by atomic mass is 10.1. The first-order chi connectivity index (χ1) is 13.6. The summed E-state index contributed by atoms with van der Waals surface area (Å²) >= 11 is 0. The van der Waals surface area contributed by atoms with Crippen LogP contribution in [0.15, 0.2) is 24.3 Å². The van der Waals surface area contributed by atoms with Crippen molar-refractivity contribution in [1.29, 1.82) is 0 Å². The number of carboxylic acid groups (broad SMARTS) is 1. The molecule has 0 spiro atoms. The van der Waals surface area contributed by atoms with E-state index in [1.165, 1.54) is 75.9 Å². The largest absolute Gasteiger partial charge is 0.478 e. The highest BCUT2D eigenvalue weighted by atomic mass is 28.3. The second-order valence-electron chi connectivity index (χ2n) is 8.30. The van der Waals surface area contributed by atoms with Gasteiger partial charge in [-0.15, -0.1) is 0 Å². The van der Waals surface area contributed by atoms with Crippen LogP contribution >= 0.6 is 0 Å². The van der Waals surface area contributed by atoms with Crippen molar-refractivity contribution in [3.05, 3.63) is 29.8 Å². The van der Waals surface area contributed by atoms with Crippen molar-refractivity contribution >= 4 is 19.7 Å². The minimum Gasteiger partial charge on any atom is -0.478 e. The van der Waals surface area contributed by atoms with Gasteiger partial charge >= 0.3 is 5.97 Å². The van der Waals surface area contributed by atoms with Crippen molar-refractivity contribution in [3.63, 3.8) is 0 Å². The second kappa shape index (κ2) is 14.7. The van der Waals surface area contributed by atoms with Crippen LogP contribution in [0.5, 0.6) is 0 Å². The molecule has 160 valence electrons. The molecule has 0 bridgehead atoms. The van der Waals surface area contributed by atoms with Gasteiger partial charge in [0.2, 0.25) is 0 Å². The third-order valence-corrected chi connectivity index (χ3v) is 12.5. The molecule has 0 aromatic heterocycles. The fourth-order valence-electron chi connectivity index (χ4n) is 4.11. The average molecular weight is 406 g/mol. The van der Waals surface area contributed by atoms with Gasteiger partial charge in [-0.3, -0.25) is 0 Å². The summed E-state index contributed by atoms with van der Waals surface area (Å²) in [7, 11) is -0.876. The van der Waals surface area contributed by atoms with Crippen LogP contribution in [0.3, 0.4) is 0 Å². The van der Waals surface area contributed by atoms with E-state index in [2.05, 4.69) is 26.1 Å². The van der Waals surface area contributed by atoms with Crippen molar-refractivity contribution in [1.82, 2.24) is 0 Å². The summed E-state index contributed by atoms with van der Waals surface area (Å²) in [5.74, 6) is -0.871. The number of anilines is 1. The molecule has 3 nitrogen and oxygen atoms in total. The summed E-state index contributed by atoms with van der Waals surface area (Å²) in [6.07, 6.45) is 12.3. The maximum Gasteiger partial charge on any atom is 0.335 e. The molecule has 4 heteroatoms. The molecule has 0 aliphatic heterocycles. The number of unbranched alkanes of at least 4 members (excludes halogenated alkanes) is 8. The Morgan fingerprint density at radius 3 is 1.71 bits per heavy atom. The molecule has 0 aliphatic carbocycles. The highest BCUT2D eigenvalue weighted by molar-refractivity contribution is 6.79. The zero-order valence-corrected chi connectivity index (χ0v) is 19.6. The summed E-state index contributed by atoms with van der Waals surface area (Å²) in [6.45, 7) is 8.22. The molecular weight excluding hydrogens is 362 g/mol. The van der Waals surface area contributed by atoms with Gasteiger partial charge in [-0.2, -0.15) is 0 Å². The first-order valence-electron chi connectivity index (χ1n) is 11.6. The van der Waals surface area contributed by atoms with Crippen LogP contribution in [0, 0.1) is 0 Å². The smallest absolute Gasteiger partial charge is 0.335 e. The number of aromatic carboxylic acids is 1. The average Bonchev–Trinajstić information content (AvgIpc) is 2.72. The van der Waals surface area contributed by atoms with E-state index in [4.69, 9.17) is 5.11 Å². The van der Waals surface area contributed by atoms with Gasteiger partial charge in [0.25, 0.3) is 0 Å². The zero-order chi connectivity index (χ0) is 20.7. The van der Waals surface area contributed by atoms with Gasteiger partial charge in [0.05, 0.1) is 13.6 Å². The van der Waals surface area contributed by atoms with E-state index in [0.717, 1.165) is 12.2 Å². The first-order valence-corrected chi connectivity index (χ1v) is 14.5. The Hall–Kier alpha value is -1.29. The normalized spacial score (nSPS) is 11.5. The van der Waals surface area contributed by atoms with Crippen LogP contribution < -0.4 is 5.32 Å². The Morgan fingerprint density at radius 1 is 0.786 bits per heavy atom. The molecule has 0 saturated heterocycles. The fraction of sp³-hybridized carbons (Fsp3) is 0.708. The van der Waals surface area contributed by atoms with Gasteiger partial charge in [0, 0.05) is 12.2 Å². The number of hydrogen-bond donors (Lipinski definition) is 2. The van der Waals surface area contributed by atoms with Crippen molar-refractivity contribution in [2.75, 3.05) is 11.9 Å². The summed E-state index contributed by atoms with van der Waals surface area (Å²) in [5, 5.41) is 12.3. The van der Waals surface area contributed by atoms with Crippen LogP contribution in [0.1, 0.15) is 88.9 Å². The van der Waals surface area contributed by atoms with E-state index in [1.807, 2.05) is 12.1 Å². The minimum atomic E-state index is -0.876. The topological polar surface area (TPSA) is 49.3 Å². The van der Waals surface area contributed by atoms with Crippen LogP contribution in [0.4, 0.5) is 5.69 Å². The molecule has 1 aromatic rings. The number of carboxylic acids is 1. The van der Waals surface area contributed by atoms with Gasteiger partial charge in [-0.05, 0) is 30.7 Å². The van der Waals surface area contributed by atoms with E-state index >= 15 is 0 Å². The number of carbonyl (C=O) groups is 1. The number of hydrogen-bond acceptors (Lipinski definition) is 2. The Labute approximate surface area is 174 Å². The van der Waals surface area contributed by atoms with Crippen molar-refractivity contribution in [3.8, 4) is 0 Å². The zero-order valence-electron chi connectivity index (χ0n) is 18.6. The molecule has 0 saturated carbocycles. The van der Waals surface area contributed by atoms with Crippen LogP contribution in [0.2, 0.25) is 24.2 Å². The van der Waals surface area contributed by atoms with E-state index in [1.54, 1.807) is 18.2 Å². The Bertz CT molecular complexity index is 518. The van der Waals surface area contributed by atoms with E-state index < -0.39 is 14.0 Å². The molecule has 1 rings (SSSR count). The molecule has 0 unspecified atom stereocenters. The summed E-state index contributed by atoms with van der Waals surface area (Å²) < 4.78 is 0. The van der Waals surface area contributed by atoms with Crippen LogP contribution in [-0.2, 0) is 0 Å². The standard InChI is InChI=1S/C24H43NO2Si/c1-4-28(5-2,6-3)21-15-13-11-9-7-8-10-12-14-20-25-23-18-16-22(17-19-23)24(26)27/h16-19,25H,4-15,20-21H2,1-3H3,(H,26,27). The fourth-order valence-corrected chi connectivity index (χ4v) is 7.67. The van der Waals surface area contributed by atoms with Crippen molar-refractivity contribution in [2.45, 2.75) is 103 Å². The lowest BCUT2D eigenvalue weighted by Crippen LogP contribution is -2.30. The maximum absolute atomic E-state index is 10.8. The van der Waals surface area contributed by atoms with Gasteiger partial charge in [-0.25, -0.2) is 4.79 Å². The molecule has 0 fully saturated rings. The third kappa shape index (κ3) is 9.77. The van der Waals surface area contributed by atoms with Crippen molar-refractivity contribution < 1.29 is 9.90 Å². The van der Waals surface area contributed by atoms with Gasteiger partial charge in [-0.1, -0.05) is 96.3 Å². The predicted octanol–water partition coefficient (Wildman–Crippen LogP) is 7.82. The quantitative estimate of drug-likeness (QED) is 0.205. The highest BCUT2D eigenvalue weighted by Crippen LogP contribution is 2.27. The minimum absolute atomic E-state index is 0.341. The molecule has 0 aliphatic rings. The van der Waals surface area contributed by atoms with E-state index in [-0.39, 0.29) is 0 Å². The van der Waals surface area contributed by atoms with Gasteiger partial charge < -0.3 is 10.4 Å². The number of benzene rings is 1. The second-order valence-corrected chi connectivity index (χ2v) is 13.9. The molecule has 28 heavy (non-hydrogen) atoms. The monoisotopic (exact) mass is 405 g/mol. The van der Waals surface area contributed by atoms with Crippen LogP contribution in [-0.4, -0.2) is 25.7 Å². The lowest BCUT2D eigenvalue weighted by molar-refractivity contribution is 0.0697. The number of rotatable bonds is 17. The molecular formula is C24H43NO2Si. The van der Waals surface area contributed by atoms with E-state index in [9.17, 15) is 4.79 Å². The van der Waals surface area contributed by atoms with Gasteiger partial charge in [0.15, 0.2) is 0 Å². The summed E-state index contributed by atoms with van der Waals surface area (Å²) in [4.78, 5) is 10.8. The Balaban J connectivity index is 1.93. The van der Waals surface area contributed by atoms with Gasteiger partial charge in [0.1, 0.15) is 0 Å². The lowest BCUT2D eigenvalue weighted by Gasteiger charge is -2.28. The molecule has 0 heterocycles. The highest BCUT2D eigenvalue weighted by Gasteiger charge is 2.25. The third-order valence-electron chi connectivity index (χ3n) is 6.59. The Kier molecular flexibility index (Phi) is 13.0. The maximum atomic E-state index is 10.8. The Morgan fingerprint density at radius 2 is 1.25 bits per heavy atom. The van der Waals surface area contributed by atoms with Crippen LogP contribution in [0.25, 0.3) is 0 Å². The summed E-state index contributed by atoms with van der Waals surface area (Å²) in [5.41, 5.74) is 1.35.